The van der Waals surface area contributed by atoms with E-state index in [1.165, 1.54) is 31.8 Å². The van der Waals surface area contributed by atoms with Crippen molar-refractivity contribution in [3.63, 3.8) is 0 Å². The van der Waals surface area contributed by atoms with Gasteiger partial charge in [0.1, 0.15) is 0 Å². The number of rotatable bonds is 7. The second-order valence-electron chi connectivity index (χ2n) is 6.19. The highest BCUT2D eigenvalue weighted by molar-refractivity contribution is 7.98. The molecule has 0 saturated heterocycles. The predicted octanol–water partition coefficient (Wildman–Crippen LogP) is 4.54. The summed E-state index contributed by atoms with van der Waals surface area (Å²) in [6, 6.07) is 15.7. The van der Waals surface area contributed by atoms with Crippen LogP contribution in [0.1, 0.15) is 15.9 Å². The van der Waals surface area contributed by atoms with Crippen molar-refractivity contribution in [3.05, 3.63) is 76.5 Å². The molecule has 1 amide bonds. The van der Waals surface area contributed by atoms with Gasteiger partial charge in [-0.05, 0) is 52.7 Å². The minimum atomic E-state index is -3.60. The van der Waals surface area contributed by atoms with Gasteiger partial charge in [-0.25, -0.2) is 12.7 Å². The number of hydrogen-bond acceptors (Lipinski definition) is 5. The maximum atomic E-state index is 12.7. The number of carbonyl (C=O) groups is 1. The molecule has 0 atom stereocenters. The van der Waals surface area contributed by atoms with Crippen LogP contribution in [-0.4, -0.2) is 32.7 Å². The van der Waals surface area contributed by atoms with Crippen molar-refractivity contribution < 1.29 is 13.2 Å². The van der Waals surface area contributed by atoms with Gasteiger partial charge in [0.25, 0.3) is 5.91 Å². The first-order valence-corrected chi connectivity index (χ1v) is 11.8. The SMILES string of the molecule is CN(C)S(=O)(=O)c1cccc(C(=O)Nc2ccccc2SCc2ccsc2)c1. The Hall–Kier alpha value is -2.13. The van der Waals surface area contributed by atoms with Crippen molar-refractivity contribution in [1.82, 2.24) is 4.31 Å². The number of amides is 1. The van der Waals surface area contributed by atoms with Crippen LogP contribution in [0.3, 0.4) is 0 Å². The lowest BCUT2D eigenvalue weighted by atomic mass is 10.2. The van der Waals surface area contributed by atoms with Crippen LogP contribution in [0.4, 0.5) is 5.69 Å². The molecule has 8 heteroatoms. The smallest absolute Gasteiger partial charge is 0.255 e. The predicted molar refractivity (Wildman–Crippen MR) is 116 cm³/mol. The zero-order chi connectivity index (χ0) is 20.1. The van der Waals surface area contributed by atoms with E-state index in [2.05, 4.69) is 16.8 Å². The molecule has 0 unspecified atom stereocenters. The molecule has 3 rings (SSSR count). The Labute approximate surface area is 173 Å². The normalized spacial score (nSPS) is 11.5. The molecule has 0 aliphatic rings. The monoisotopic (exact) mass is 432 g/mol. The Morgan fingerprint density at radius 2 is 1.89 bits per heavy atom. The van der Waals surface area contributed by atoms with Gasteiger partial charge in [-0.1, -0.05) is 18.2 Å². The fourth-order valence-electron chi connectivity index (χ4n) is 2.43. The van der Waals surface area contributed by atoms with E-state index in [4.69, 9.17) is 0 Å². The largest absolute Gasteiger partial charge is 0.321 e. The molecule has 146 valence electrons. The molecule has 0 aliphatic carbocycles. The minimum absolute atomic E-state index is 0.0882. The quantitative estimate of drug-likeness (QED) is 0.557. The summed E-state index contributed by atoms with van der Waals surface area (Å²) < 4.78 is 25.7. The average Bonchev–Trinajstić information content (AvgIpc) is 3.21. The first-order chi connectivity index (χ1) is 13.4. The zero-order valence-corrected chi connectivity index (χ0v) is 17.9. The molecule has 1 heterocycles. The summed E-state index contributed by atoms with van der Waals surface area (Å²) in [5.74, 6) is 0.465. The number of nitrogens with zero attached hydrogens (tertiary/aromatic N) is 1. The van der Waals surface area contributed by atoms with Crippen LogP contribution < -0.4 is 5.32 Å². The number of carbonyl (C=O) groups excluding carboxylic acids is 1. The molecule has 0 bridgehead atoms. The van der Waals surface area contributed by atoms with Crippen LogP contribution in [0.25, 0.3) is 0 Å². The van der Waals surface area contributed by atoms with Crippen molar-refractivity contribution in [1.29, 1.82) is 0 Å². The maximum absolute atomic E-state index is 12.7. The number of anilines is 1. The Kier molecular flexibility index (Phi) is 6.56. The van der Waals surface area contributed by atoms with Gasteiger partial charge in [-0.3, -0.25) is 4.79 Å². The van der Waals surface area contributed by atoms with Gasteiger partial charge < -0.3 is 5.32 Å². The fraction of sp³-hybridized carbons (Fsp3) is 0.150. The van der Waals surface area contributed by atoms with E-state index in [9.17, 15) is 13.2 Å². The summed E-state index contributed by atoms with van der Waals surface area (Å²) >= 11 is 3.30. The number of nitrogens with one attached hydrogen (secondary N) is 1. The molecule has 28 heavy (non-hydrogen) atoms. The van der Waals surface area contributed by atoms with E-state index in [1.54, 1.807) is 35.2 Å². The van der Waals surface area contributed by atoms with E-state index in [0.29, 0.717) is 11.3 Å². The lowest BCUT2D eigenvalue weighted by Crippen LogP contribution is -2.22. The molecular weight excluding hydrogens is 412 g/mol. The molecule has 3 aromatic rings. The third-order valence-electron chi connectivity index (χ3n) is 3.98. The summed E-state index contributed by atoms with van der Waals surface area (Å²) in [6.45, 7) is 0. The van der Waals surface area contributed by atoms with Gasteiger partial charge in [-0.2, -0.15) is 11.3 Å². The first kappa shape index (κ1) is 20.6. The van der Waals surface area contributed by atoms with Gasteiger partial charge in [-0.15, -0.1) is 11.8 Å². The zero-order valence-electron chi connectivity index (χ0n) is 15.5. The lowest BCUT2D eigenvalue weighted by molar-refractivity contribution is 0.102. The molecule has 0 radical (unpaired) electrons. The summed E-state index contributed by atoms with van der Waals surface area (Å²) in [4.78, 5) is 13.8. The van der Waals surface area contributed by atoms with Crippen LogP contribution in [0.2, 0.25) is 0 Å². The molecule has 5 nitrogen and oxygen atoms in total. The highest BCUT2D eigenvalue weighted by atomic mass is 32.2. The Morgan fingerprint density at radius 1 is 1.11 bits per heavy atom. The first-order valence-electron chi connectivity index (χ1n) is 8.45. The third-order valence-corrected chi connectivity index (χ3v) is 7.67. The molecule has 0 aliphatic heterocycles. The van der Waals surface area contributed by atoms with Crippen molar-refractivity contribution in [2.24, 2.45) is 0 Å². The number of para-hydroxylation sites is 1. The van der Waals surface area contributed by atoms with Crippen molar-refractivity contribution in [2.45, 2.75) is 15.5 Å². The summed E-state index contributed by atoms with van der Waals surface area (Å²) in [5, 5.41) is 7.04. The van der Waals surface area contributed by atoms with E-state index in [0.717, 1.165) is 15.0 Å². The van der Waals surface area contributed by atoms with Crippen molar-refractivity contribution in [3.8, 4) is 0 Å². The average molecular weight is 433 g/mol. The highest BCUT2D eigenvalue weighted by Crippen LogP contribution is 2.30. The van der Waals surface area contributed by atoms with Gasteiger partial charge >= 0.3 is 0 Å². The number of sulfonamides is 1. The second-order valence-corrected chi connectivity index (χ2v) is 10.1. The Morgan fingerprint density at radius 3 is 2.61 bits per heavy atom. The van der Waals surface area contributed by atoms with Gasteiger partial charge in [0.05, 0.1) is 10.6 Å². The van der Waals surface area contributed by atoms with Gasteiger partial charge in [0.15, 0.2) is 0 Å². The number of thiophene rings is 1. The topological polar surface area (TPSA) is 66.5 Å². The summed E-state index contributed by atoms with van der Waals surface area (Å²) in [7, 11) is -0.675. The number of thioether (sulfide) groups is 1. The molecular formula is C20H20N2O3S3. The van der Waals surface area contributed by atoms with Crippen LogP contribution in [-0.2, 0) is 15.8 Å². The van der Waals surface area contributed by atoms with Crippen molar-refractivity contribution in [2.75, 3.05) is 19.4 Å². The van der Waals surface area contributed by atoms with Crippen LogP contribution >= 0.6 is 23.1 Å². The summed E-state index contributed by atoms with van der Waals surface area (Å²) in [5.41, 5.74) is 2.23. The second kappa shape index (κ2) is 8.91. The fourth-order valence-corrected chi connectivity index (χ4v) is 5.11. The molecule has 1 aromatic heterocycles. The number of benzene rings is 2. The number of hydrogen-bond donors (Lipinski definition) is 1. The molecule has 0 saturated carbocycles. The van der Waals surface area contributed by atoms with E-state index in [-0.39, 0.29) is 10.8 Å². The molecule has 2 aromatic carbocycles. The maximum Gasteiger partial charge on any atom is 0.255 e. The van der Waals surface area contributed by atoms with Crippen molar-refractivity contribution >= 4 is 44.7 Å². The minimum Gasteiger partial charge on any atom is -0.321 e. The van der Waals surface area contributed by atoms with Crippen LogP contribution in [0, 0.1) is 0 Å². The standard InChI is InChI=1S/C20H20N2O3S3/c1-22(2)28(24,25)17-7-5-6-16(12-17)20(23)21-18-8-3-4-9-19(18)27-14-15-10-11-26-13-15/h3-13H,14H2,1-2H3,(H,21,23). The van der Waals surface area contributed by atoms with E-state index < -0.39 is 10.0 Å². The van der Waals surface area contributed by atoms with Crippen LogP contribution in [0.5, 0.6) is 0 Å². The Bertz CT molecular complexity index is 1060. The molecule has 1 N–H and O–H groups in total. The lowest BCUT2D eigenvalue weighted by Gasteiger charge is -2.13. The molecule has 0 spiro atoms. The summed E-state index contributed by atoms with van der Waals surface area (Å²) in [6.07, 6.45) is 0. The molecule has 0 fully saturated rings. The van der Waals surface area contributed by atoms with Crippen LogP contribution in [0.15, 0.2) is 75.1 Å². The van der Waals surface area contributed by atoms with Gasteiger partial charge in [0, 0.05) is 30.3 Å². The third kappa shape index (κ3) is 4.82. The van der Waals surface area contributed by atoms with Gasteiger partial charge in [0.2, 0.25) is 10.0 Å². The highest BCUT2D eigenvalue weighted by Gasteiger charge is 2.19. The van der Waals surface area contributed by atoms with E-state index in [1.807, 2.05) is 29.6 Å². The Balaban J connectivity index is 1.78. The van der Waals surface area contributed by atoms with E-state index >= 15 is 0 Å².